The van der Waals surface area contributed by atoms with E-state index in [0.717, 1.165) is 9.87 Å². The number of methoxy groups -OCH3 is 2. The fourth-order valence-corrected chi connectivity index (χ4v) is 4.75. The SMILES string of the molecule is COc1ccc(N(CC(=O)Nc2ccc(Cl)c(Cl)c2)S(=O)(=O)c2ccc(C)cc2)cc1OC. The van der Waals surface area contributed by atoms with Gasteiger partial charge < -0.3 is 14.8 Å². The van der Waals surface area contributed by atoms with E-state index in [-0.39, 0.29) is 15.6 Å². The maximum atomic E-state index is 13.5. The number of benzene rings is 3. The fourth-order valence-electron chi connectivity index (χ4n) is 3.04. The van der Waals surface area contributed by atoms with Crippen LogP contribution >= 0.6 is 23.2 Å². The molecule has 7 nitrogen and oxygen atoms in total. The molecule has 0 aliphatic carbocycles. The Bertz CT molecular complexity index is 1260. The summed E-state index contributed by atoms with van der Waals surface area (Å²) in [5.41, 5.74) is 1.52. The predicted molar refractivity (Wildman–Crippen MR) is 130 cm³/mol. The first kappa shape index (κ1) is 24.7. The summed E-state index contributed by atoms with van der Waals surface area (Å²) in [6, 6.07) is 15.6. The van der Waals surface area contributed by atoms with Crippen molar-refractivity contribution in [3.05, 3.63) is 76.3 Å². The molecule has 1 amide bonds. The molecule has 1 N–H and O–H groups in total. The second kappa shape index (κ2) is 10.3. The second-order valence-electron chi connectivity index (χ2n) is 7.04. The van der Waals surface area contributed by atoms with Crippen LogP contribution in [0.2, 0.25) is 10.0 Å². The lowest BCUT2D eigenvalue weighted by molar-refractivity contribution is -0.114. The first-order valence-corrected chi connectivity index (χ1v) is 11.9. The number of amides is 1. The van der Waals surface area contributed by atoms with Crippen molar-refractivity contribution in [2.24, 2.45) is 0 Å². The van der Waals surface area contributed by atoms with Crippen LogP contribution in [0.4, 0.5) is 11.4 Å². The van der Waals surface area contributed by atoms with Crippen molar-refractivity contribution in [1.29, 1.82) is 0 Å². The van der Waals surface area contributed by atoms with Crippen molar-refractivity contribution < 1.29 is 22.7 Å². The standard InChI is InChI=1S/C23H22Cl2N2O5S/c1-15-4-8-18(9-5-15)33(29,30)27(17-7-11-21(31-2)22(13-17)32-3)14-23(28)26-16-6-10-19(24)20(25)12-16/h4-13H,14H2,1-3H3,(H,26,28). The van der Waals surface area contributed by atoms with Crippen LogP contribution in [0.3, 0.4) is 0 Å². The number of sulfonamides is 1. The van der Waals surface area contributed by atoms with Gasteiger partial charge in [0.05, 0.1) is 34.8 Å². The van der Waals surface area contributed by atoms with E-state index < -0.39 is 22.5 Å². The lowest BCUT2D eigenvalue weighted by Gasteiger charge is -2.25. The van der Waals surface area contributed by atoms with Crippen molar-refractivity contribution in [2.75, 3.05) is 30.4 Å². The molecule has 33 heavy (non-hydrogen) atoms. The number of aryl methyl sites for hydroxylation is 1. The van der Waals surface area contributed by atoms with Gasteiger partial charge in [-0.25, -0.2) is 8.42 Å². The highest BCUT2D eigenvalue weighted by Crippen LogP contribution is 2.34. The van der Waals surface area contributed by atoms with Crippen molar-refractivity contribution >= 4 is 50.5 Å². The Balaban J connectivity index is 2.00. The molecule has 0 radical (unpaired) electrons. The van der Waals surface area contributed by atoms with Crippen LogP contribution in [-0.2, 0) is 14.8 Å². The van der Waals surface area contributed by atoms with E-state index in [2.05, 4.69) is 5.32 Å². The minimum atomic E-state index is -4.09. The summed E-state index contributed by atoms with van der Waals surface area (Å²) in [6.45, 7) is 1.36. The molecular weight excluding hydrogens is 487 g/mol. The Kier molecular flexibility index (Phi) is 7.73. The highest BCUT2D eigenvalue weighted by molar-refractivity contribution is 7.92. The topological polar surface area (TPSA) is 84.9 Å². The van der Waals surface area contributed by atoms with Gasteiger partial charge in [-0.05, 0) is 49.4 Å². The number of ether oxygens (including phenoxy) is 2. The zero-order valence-corrected chi connectivity index (χ0v) is 20.5. The van der Waals surface area contributed by atoms with E-state index in [4.69, 9.17) is 32.7 Å². The monoisotopic (exact) mass is 508 g/mol. The number of carbonyl (C=O) groups is 1. The van der Waals surface area contributed by atoms with Gasteiger partial charge in [-0.15, -0.1) is 0 Å². The molecule has 0 aromatic heterocycles. The zero-order valence-electron chi connectivity index (χ0n) is 18.1. The second-order valence-corrected chi connectivity index (χ2v) is 9.72. The maximum absolute atomic E-state index is 13.5. The van der Waals surface area contributed by atoms with E-state index in [9.17, 15) is 13.2 Å². The third-order valence-corrected chi connectivity index (χ3v) is 7.28. The van der Waals surface area contributed by atoms with Gasteiger partial charge in [-0.3, -0.25) is 9.10 Å². The number of hydrogen-bond acceptors (Lipinski definition) is 5. The van der Waals surface area contributed by atoms with Gasteiger partial charge in [0.25, 0.3) is 10.0 Å². The van der Waals surface area contributed by atoms with Crippen molar-refractivity contribution in [3.63, 3.8) is 0 Å². The Hall–Kier alpha value is -2.94. The Labute approximate surface area is 202 Å². The van der Waals surface area contributed by atoms with E-state index in [0.29, 0.717) is 22.2 Å². The van der Waals surface area contributed by atoms with Crippen LogP contribution < -0.4 is 19.1 Å². The molecule has 0 unspecified atom stereocenters. The van der Waals surface area contributed by atoms with Gasteiger partial charge in [0.1, 0.15) is 6.54 Å². The molecule has 3 aromatic rings. The van der Waals surface area contributed by atoms with Crippen molar-refractivity contribution in [1.82, 2.24) is 0 Å². The average Bonchev–Trinajstić information content (AvgIpc) is 2.79. The molecule has 0 fully saturated rings. The van der Waals surface area contributed by atoms with Gasteiger partial charge in [-0.1, -0.05) is 40.9 Å². The summed E-state index contributed by atoms with van der Waals surface area (Å²) in [7, 11) is -1.17. The van der Waals surface area contributed by atoms with Crippen LogP contribution in [0.1, 0.15) is 5.56 Å². The summed E-state index contributed by atoms with van der Waals surface area (Å²) >= 11 is 11.9. The number of rotatable bonds is 8. The molecule has 0 aliphatic rings. The van der Waals surface area contributed by atoms with Crippen molar-refractivity contribution in [3.8, 4) is 11.5 Å². The molecule has 0 spiro atoms. The molecule has 0 bridgehead atoms. The quantitative estimate of drug-likeness (QED) is 0.454. The normalized spacial score (nSPS) is 11.1. The van der Waals surface area contributed by atoms with Gasteiger partial charge in [0.2, 0.25) is 5.91 Å². The third-order valence-electron chi connectivity index (χ3n) is 4.75. The smallest absolute Gasteiger partial charge is 0.264 e. The maximum Gasteiger partial charge on any atom is 0.264 e. The molecule has 0 atom stereocenters. The summed E-state index contributed by atoms with van der Waals surface area (Å²) in [5.74, 6) is 0.178. The molecule has 0 heterocycles. The lowest BCUT2D eigenvalue weighted by Crippen LogP contribution is -2.38. The first-order chi connectivity index (χ1) is 15.6. The third kappa shape index (κ3) is 5.71. The van der Waals surface area contributed by atoms with Gasteiger partial charge in [0, 0.05) is 11.8 Å². The molecule has 3 rings (SSSR count). The van der Waals surface area contributed by atoms with E-state index in [1.165, 1.54) is 44.6 Å². The highest BCUT2D eigenvalue weighted by atomic mass is 35.5. The molecule has 0 saturated carbocycles. The molecule has 174 valence electrons. The minimum Gasteiger partial charge on any atom is -0.493 e. The Morgan fingerprint density at radius 2 is 1.58 bits per heavy atom. The van der Waals surface area contributed by atoms with Crippen LogP contribution in [0.15, 0.2) is 65.6 Å². The number of carbonyl (C=O) groups excluding carboxylic acids is 1. The number of nitrogens with zero attached hydrogens (tertiary/aromatic N) is 1. The predicted octanol–water partition coefficient (Wildman–Crippen LogP) is 5.15. The summed E-state index contributed by atoms with van der Waals surface area (Å²) in [5, 5.41) is 3.25. The number of hydrogen-bond donors (Lipinski definition) is 1. The van der Waals surface area contributed by atoms with E-state index >= 15 is 0 Å². The Morgan fingerprint density at radius 1 is 0.909 bits per heavy atom. The number of halogens is 2. The highest BCUT2D eigenvalue weighted by Gasteiger charge is 2.28. The molecule has 10 heteroatoms. The van der Waals surface area contributed by atoms with E-state index in [1.807, 2.05) is 6.92 Å². The zero-order chi connectivity index (χ0) is 24.2. The first-order valence-electron chi connectivity index (χ1n) is 9.72. The number of nitrogens with one attached hydrogen (secondary N) is 1. The van der Waals surface area contributed by atoms with Crippen molar-refractivity contribution in [2.45, 2.75) is 11.8 Å². The molecule has 3 aromatic carbocycles. The summed E-state index contributed by atoms with van der Waals surface area (Å²) < 4.78 is 38.6. The minimum absolute atomic E-state index is 0.0465. The molecule has 0 aliphatic heterocycles. The van der Waals surface area contributed by atoms with Gasteiger partial charge in [-0.2, -0.15) is 0 Å². The van der Waals surface area contributed by atoms with Gasteiger partial charge in [0.15, 0.2) is 11.5 Å². The summed E-state index contributed by atoms with van der Waals surface area (Å²) in [4.78, 5) is 12.9. The molecule has 0 saturated heterocycles. The average molecular weight is 509 g/mol. The number of anilines is 2. The summed E-state index contributed by atoms with van der Waals surface area (Å²) in [6.07, 6.45) is 0. The van der Waals surface area contributed by atoms with Crippen LogP contribution in [0.25, 0.3) is 0 Å². The largest absolute Gasteiger partial charge is 0.493 e. The van der Waals surface area contributed by atoms with Crippen LogP contribution in [0.5, 0.6) is 11.5 Å². The van der Waals surface area contributed by atoms with Crippen LogP contribution in [0, 0.1) is 6.92 Å². The van der Waals surface area contributed by atoms with Crippen LogP contribution in [-0.4, -0.2) is 35.1 Å². The fraction of sp³-hybridized carbons (Fsp3) is 0.174. The lowest BCUT2D eigenvalue weighted by atomic mass is 10.2. The Morgan fingerprint density at radius 3 is 2.18 bits per heavy atom. The van der Waals surface area contributed by atoms with E-state index in [1.54, 1.807) is 30.3 Å². The molecular formula is C23H22Cl2N2O5S. The van der Waals surface area contributed by atoms with Gasteiger partial charge >= 0.3 is 0 Å².